The number of aromatic nitrogens is 2. The van der Waals surface area contributed by atoms with Gasteiger partial charge in [0.2, 0.25) is 5.89 Å². The summed E-state index contributed by atoms with van der Waals surface area (Å²) in [6.45, 7) is 5.73. The lowest BCUT2D eigenvalue weighted by atomic mass is 10.1. The van der Waals surface area contributed by atoms with E-state index in [4.69, 9.17) is 4.42 Å². The van der Waals surface area contributed by atoms with Crippen molar-refractivity contribution in [1.82, 2.24) is 25.3 Å². The Morgan fingerprint density at radius 2 is 1.65 bits per heavy atom. The molecule has 0 aliphatic carbocycles. The maximum atomic E-state index is 15.1. The smallest absolute Gasteiger partial charge is 0.322 e. The topological polar surface area (TPSA) is 77.7 Å². The first kappa shape index (κ1) is 30.0. The van der Waals surface area contributed by atoms with Gasteiger partial charge in [-0.25, -0.2) is 9.18 Å². The number of carbonyl (C=O) groups excluding carboxylic acids is 1. The third-order valence-electron chi connectivity index (χ3n) is 7.21. The lowest BCUT2D eigenvalue weighted by Crippen LogP contribution is -2.49. The van der Waals surface area contributed by atoms with E-state index in [0.29, 0.717) is 18.8 Å². The van der Waals surface area contributed by atoms with Crippen LogP contribution < -0.4 is 10.2 Å². The zero-order chi connectivity index (χ0) is 30.0. The van der Waals surface area contributed by atoms with Crippen molar-refractivity contribution in [3.63, 3.8) is 0 Å². The molecule has 4 aromatic rings. The Morgan fingerprint density at radius 1 is 0.953 bits per heavy atom. The van der Waals surface area contributed by atoms with Crippen LogP contribution in [0.15, 0.2) is 89.4 Å². The first-order chi connectivity index (χ1) is 21.0. The number of para-hydroxylation sites is 1. The van der Waals surface area contributed by atoms with Crippen LogP contribution in [0.3, 0.4) is 0 Å². The first-order valence-corrected chi connectivity index (χ1v) is 14.1. The molecule has 8 nitrogen and oxygen atoms in total. The van der Waals surface area contributed by atoms with Crippen molar-refractivity contribution >= 4 is 17.8 Å². The van der Waals surface area contributed by atoms with Crippen LogP contribution in [-0.4, -0.2) is 71.8 Å². The minimum absolute atomic E-state index is 0.0384. The molecule has 1 aromatic heterocycles. The van der Waals surface area contributed by atoms with Gasteiger partial charge in [0.05, 0.1) is 6.54 Å². The van der Waals surface area contributed by atoms with Gasteiger partial charge in [0.25, 0.3) is 5.89 Å². The van der Waals surface area contributed by atoms with Crippen molar-refractivity contribution in [3.8, 4) is 11.5 Å². The molecule has 1 saturated heterocycles. The van der Waals surface area contributed by atoms with E-state index in [0.717, 1.165) is 38.8 Å². The normalized spacial score (nSPS) is 14.4. The molecular formula is C32H33F3N6O2. The second kappa shape index (κ2) is 14.6. The molecule has 11 heteroatoms. The number of rotatable bonds is 11. The lowest BCUT2D eigenvalue weighted by molar-refractivity contribution is 0.116. The molecule has 2 amide bonds. The number of benzene rings is 3. The fourth-order valence-electron chi connectivity index (χ4n) is 4.82. The first-order valence-electron chi connectivity index (χ1n) is 14.1. The number of urea groups is 1. The molecule has 0 radical (unpaired) electrons. The van der Waals surface area contributed by atoms with Crippen LogP contribution in [0, 0.1) is 5.82 Å². The summed E-state index contributed by atoms with van der Waals surface area (Å²) < 4.78 is 45.6. The van der Waals surface area contributed by atoms with Crippen molar-refractivity contribution in [2.24, 2.45) is 0 Å². The molecule has 2 heterocycles. The minimum Gasteiger partial charge on any atom is -0.415 e. The molecule has 1 aliphatic rings. The maximum Gasteiger partial charge on any atom is 0.322 e. The van der Waals surface area contributed by atoms with Crippen molar-refractivity contribution in [3.05, 3.63) is 108 Å². The average molecular weight is 591 g/mol. The van der Waals surface area contributed by atoms with Gasteiger partial charge >= 0.3 is 12.5 Å². The van der Waals surface area contributed by atoms with E-state index in [-0.39, 0.29) is 29.6 Å². The fourth-order valence-corrected chi connectivity index (χ4v) is 4.82. The van der Waals surface area contributed by atoms with Crippen LogP contribution in [0.5, 0.6) is 0 Å². The quantitative estimate of drug-likeness (QED) is 0.236. The highest BCUT2D eigenvalue weighted by Gasteiger charge is 2.21. The Labute approximate surface area is 248 Å². The van der Waals surface area contributed by atoms with Crippen LogP contribution in [0.1, 0.15) is 23.4 Å². The summed E-state index contributed by atoms with van der Waals surface area (Å²) in [5, 5.41) is 9.83. The molecule has 224 valence electrons. The van der Waals surface area contributed by atoms with E-state index in [1.54, 1.807) is 24.3 Å². The van der Waals surface area contributed by atoms with E-state index in [2.05, 4.69) is 49.6 Å². The van der Waals surface area contributed by atoms with Gasteiger partial charge in [-0.1, -0.05) is 66.7 Å². The molecule has 0 unspecified atom stereocenters. The van der Waals surface area contributed by atoms with Crippen molar-refractivity contribution in [2.75, 3.05) is 50.7 Å². The fraction of sp³-hybridized carbons (Fsp3) is 0.281. The molecule has 0 atom stereocenters. The number of alkyl halides is 2. The molecule has 1 aliphatic heterocycles. The molecule has 43 heavy (non-hydrogen) atoms. The highest BCUT2D eigenvalue weighted by Crippen LogP contribution is 2.26. The van der Waals surface area contributed by atoms with E-state index in [1.807, 2.05) is 24.3 Å². The highest BCUT2D eigenvalue weighted by molar-refractivity contribution is 5.91. The van der Waals surface area contributed by atoms with E-state index in [9.17, 15) is 13.6 Å². The Balaban J connectivity index is 1.13. The van der Waals surface area contributed by atoms with Gasteiger partial charge in [-0.2, -0.15) is 8.78 Å². The number of nitrogens with zero attached hydrogens (tertiary/aromatic N) is 5. The number of hydrogen-bond acceptors (Lipinski definition) is 6. The Morgan fingerprint density at radius 3 is 2.33 bits per heavy atom. The number of amides is 2. The second-order valence-electron chi connectivity index (χ2n) is 10.2. The molecule has 5 rings (SSSR count). The van der Waals surface area contributed by atoms with Crippen molar-refractivity contribution in [2.45, 2.75) is 13.0 Å². The predicted octanol–water partition coefficient (Wildman–Crippen LogP) is 5.86. The number of piperazine rings is 1. The van der Waals surface area contributed by atoms with Crippen LogP contribution in [-0.2, 0) is 6.54 Å². The predicted molar refractivity (Wildman–Crippen MR) is 159 cm³/mol. The van der Waals surface area contributed by atoms with Gasteiger partial charge in [0, 0.05) is 62.6 Å². The Hall–Kier alpha value is -4.48. The van der Waals surface area contributed by atoms with Gasteiger partial charge in [-0.3, -0.25) is 14.7 Å². The van der Waals surface area contributed by atoms with Gasteiger partial charge in [-0.05, 0) is 29.8 Å². The third kappa shape index (κ3) is 8.30. The van der Waals surface area contributed by atoms with Gasteiger partial charge in [0.15, 0.2) is 0 Å². The zero-order valence-corrected chi connectivity index (χ0v) is 23.6. The molecule has 1 N–H and O–H groups in total. The average Bonchev–Trinajstić information content (AvgIpc) is 3.53. The summed E-state index contributed by atoms with van der Waals surface area (Å²) in [5.41, 5.74) is 2.21. The Bertz CT molecular complexity index is 1490. The summed E-state index contributed by atoms with van der Waals surface area (Å²) in [7, 11) is 0. The molecule has 0 saturated carbocycles. The summed E-state index contributed by atoms with van der Waals surface area (Å²) in [6, 6.07) is 23.0. The number of anilines is 1. The standard InChI is InChI=1S/C32H33F3N6O2/c33-28-22-25(30-37-38-31(43-30)29(34)35)13-14-26(28)23-41(27-11-5-2-6-12-27)32(42)36-15-17-40-20-18-39(19-21-40)16-7-10-24-8-3-1-4-9-24/h1-14,22,29H,15-21,23H2,(H,36,42)/b10-7+. The molecule has 0 spiro atoms. The molecule has 0 bridgehead atoms. The monoisotopic (exact) mass is 590 g/mol. The van der Waals surface area contributed by atoms with E-state index in [1.165, 1.54) is 22.6 Å². The maximum absolute atomic E-state index is 15.1. The van der Waals surface area contributed by atoms with Gasteiger partial charge in [0.1, 0.15) is 5.82 Å². The largest absolute Gasteiger partial charge is 0.415 e. The number of nitrogens with one attached hydrogen (secondary N) is 1. The van der Waals surface area contributed by atoms with Crippen molar-refractivity contribution < 1.29 is 22.4 Å². The third-order valence-corrected chi connectivity index (χ3v) is 7.21. The van der Waals surface area contributed by atoms with Crippen LogP contribution in [0.25, 0.3) is 17.5 Å². The summed E-state index contributed by atoms with van der Waals surface area (Å²) in [5.74, 6) is -1.66. The minimum atomic E-state index is -2.92. The van der Waals surface area contributed by atoms with Crippen LogP contribution in [0.4, 0.5) is 23.7 Å². The summed E-state index contributed by atoms with van der Waals surface area (Å²) in [4.78, 5) is 19.5. The van der Waals surface area contributed by atoms with Crippen molar-refractivity contribution in [1.29, 1.82) is 0 Å². The summed E-state index contributed by atoms with van der Waals surface area (Å²) >= 11 is 0. The van der Waals surface area contributed by atoms with Crippen LogP contribution >= 0.6 is 0 Å². The SMILES string of the molecule is O=C(NCCN1CCN(C/C=C/c2ccccc2)CC1)N(Cc1ccc(-c2nnc(C(F)F)o2)cc1F)c1ccccc1. The van der Waals surface area contributed by atoms with Gasteiger partial charge < -0.3 is 9.73 Å². The summed E-state index contributed by atoms with van der Waals surface area (Å²) in [6.07, 6.45) is 1.41. The number of carbonyl (C=O) groups is 1. The van der Waals surface area contributed by atoms with Crippen LogP contribution in [0.2, 0.25) is 0 Å². The number of halogens is 3. The zero-order valence-electron chi connectivity index (χ0n) is 23.6. The molecular weight excluding hydrogens is 557 g/mol. The lowest BCUT2D eigenvalue weighted by Gasteiger charge is -2.34. The van der Waals surface area contributed by atoms with E-state index < -0.39 is 18.1 Å². The Kier molecular flexibility index (Phi) is 10.2. The van der Waals surface area contributed by atoms with E-state index >= 15 is 4.39 Å². The van der Waals surface area contributed by atoms with Gasteiger partial charge in [-0.15, -0.1) is 10.2 Å². The molecule has 3 aromatic carbocycles. The number of hydrogen-bond donors (Lipinski definition) is 1. The molecule has 1 fully saturated rings. The second-order valence-corrected chi connectivity index (χ2v) is 10.2. The highest BCUT2D eigenvalue weighted by atomic mass is 19.3.